The molecule has 2 aromatic carbocycles. The maximum Gasteiger partial charge on any atom is 0.573 e. The van der Waals surface area contributed by atoms with E-state index in [0.717, 1.165) is 18.1 Å². The lowest BCUT2D eigenvalue weighted by molar-refractivity contribution is -0.274. The van der Waals surface area contributed by atoms with Crippen LogP contribution in [0.2, 0.25) is 5.02 Å². The number of aryl methyl sites for hydroxylation is 1. The second-order valence-electron chi connectivity index (χ2n) is 6.92. The van der Waals surface area contributed by atoms with Crippen molar-refractivity contribution in [3.63, 3.8) is 0 Å². The maximum atomic E-state index is 14.6. The van der Waals surface area contributed by atoms with Gasteiger partial charge in [0, 0.05) is 17.9 Å². The first-order chi connectivity index (χ1) is 13.7. The zero-order valence-corrected chi connectivity index (χ0v) is 16.5. The maximum absolute atomic E-state index is 14.6. The van der Waals surface area contributed by atoms with Crippen LogP contribution in [0, 0.1) is 11.7 Å². The molecule has 0 bridgehead atoms. The normalized spacial score (nSPS) is 19.9. The summed E-state index contributed by atoms with van der Waals surface area (Å²) in [5.74, 6) is -0.597. The minimum Gasteiger partial charge on any atom is -0.404 e. The molecule has 0 radical (unpaired) electrons. The third-order valence-corrected chi connectivity index (χ3v) is 5.08. The van der Waals surface area contributed by atoms with Gasteiger partial charge in [-0.25, -0.2) is 4.39 Å². The molecule has 29 heavy (non-hydrogen) atoms. The van der Waals surface area contributed by atoms with Crippen molar-refractivity contribution in [3.05, 3.63) is 52.8 Å². The van der Waals surface area contributed by atoms with Crippen LogP contribution in [0.1, 0.15) is 25.3 Å². The molecule has 1 aliphatic heterocycles. The van der Waals surface area contributed by atoms with Gasteiger partial charge in [-0.1, -0.05) is 36.7 Å². The van der Waals surface area contributed by atoms with Crippen molar-refractivity contribution in [1.29, 1.82) is 0 Å². The molecule has 0 atom stereocenters. The van der Waals surface area contributed by atoms with E-state index in [1.54, 1.807) is 12.1 Å². The monoisotopic (exact) mass is 432 g/mol. The molecule has 1 aliphatic rings. The van der Waals surface area contributed by atoms with Crippen LogP contribution in [0.4, 0.5) is 17.6 Å². The second-order valence-corrected chi connectivity index (χ2v) is 7.32. The molecule has 1 saturated heterocycles. The highest BCUT2D eigenvalue weighted by Crippen LogP contribution is 2.34. The van der Waals surface area contributed by atoms with E-state index in [9.17, 15) is 17.6 Å². The Balaban J connectivity index is 1.64. The van der Waals surface area contributed by atoms with Gasteiger partial charge in [-0.2, -0.15) is 0 Å². The van der Waals surface area contributed by atoms with Crippen molar-refractivity contribution in [2.45, 2.75) is 38.8 Å². The molecule has 1 fully saturated rings. The third-order valence-electron chi connectivity index (χ3n) is 4.78. The van der Waals surface area contributed by atoms with Crippen LogP contribution >= 0.6 is 11.6 Å². The Bertz CT molecular complexity index is 833. The average molecular weight is 433 g/mol. The summed E-state index contributed by atoms with van der Waals surface area (Å²) in [4.78, 5) is 0. The van der Waals surface area contributed by atoms with Crippen molar-refractivity contribution in [2.75, 3.05) is 13.2 Å². The number of halogens is 5. The third kappa shape index (κ3) is 6.07. The molecule has 158 valence electrons. The molecule has 1 heterocycles. The summed E-state index contributed by atoms with van der Waals surface area (Å²) in [7, 11) is 0. The quantitative estimate of drug-likeness (QED) is 0.496. The molecule has 0 aromatic heterocycles. The highest BCUT2D eigenvalue weighted by Gasteiger charge is 2.32. The highest BCUT2D eigenvalue weighted by molar-refractivity contribution is 6.32. The first-order valence-electron chi connectivity index (χ1n) is 9.32. The van der Waals surface area contributed by atoms with Crippen molar-refractivity contribution in [3.8, 4) is 16.9 Å². The predicted octanol–water partition coefficient (Wildman–Crippen LogP) is 6.38. The van der Waals surface area contributed by atoms with Gasteiger partial charge in [0.15, 0.2) is 6.29 Å². The average Bonchev–Trinajstić information content (AvgIpc) is 2.67. The molecular formula is C21H21ClF4O3. The Morgan fingerprint density at radius 1 is 1.10 bits per heavy atom. The number of benzene rings is 2. The Hall–Kier alpha value is -1.83. The zero-order chi connectivity index (χ0) is 21.0. The fourth-order valence-corrected chi connectivity index (χ4v) is 3.31. The van der Waals surface area contributed by atoms with Crippen molar-refractivity contribution < 1.29 is 31.8 Å². The summed E-state index contributed by atoms with van der Waals surface area (Å²) in [6.45, 7) is 3.43. The van der Waals surface area contributed by atoms with Gasteiger partial charge in [-0.05, 0) is 42.2 Å². The Morgan fingerprint density at radius 3 is 2.41 bits per heavy atom. The Kier molecular flexibility index (Phi) is 7.03. The van der Waals surface area contributed by atoms with E-state index < -0.39 is 17.9 Å². The second kappa shape index (κ2) is 9.32. The molecule has 3 rings (SSSR count). The van der Waals surface area contributed by atoms with Gasteiger partial charge >= 0.3 is 6.36 Å². The van der Waals surface area contributed by atoms with Crippen molar-refractivity contribution >= 4 is 11.6 Å². The van der Waals surface area contributed by atoms with E-state index in [1.807, 2.05) is 0 Å². The Morgan fingerprint density at radius 2 is 1.83 bits per heavy atom. The smallest absolute Gasteiger partial charge is 0.404 e. The van der Waals surface area contributed by atoms with E-state index in [1.165, 1.54) is 18.2 Å². The van der Waals surface area contributed by atoms with Crippen molar-refractivity contribution in [2.24, 2.45) is 5.92 Å². The molecule has 0 unspecified atom stereocenters. The minimum absolute atomic E-state index is 0.241. The summed E-state index contributed by atoms with van der Waals surface area (Å²) in [5.41, 5.74) is 1.38. The number of hydrogen-bond acceptors (Lipinski definition) is 3. The standard InChI is InChI=1S/C21H21ClF4O3/c1-2-13-11-27-20(28-12-13)8-4-14-3-6-16(18(23)9-14)15-5-7-19(17(22)10-15)29-21(24,25)26/h3,5-7,9-10,13,20H,2,4,8,11-12H2,1H3. The van der Waals surface area contributed by atoms with Gasteiger partial charge in [0.1, 0.15) is 11.6 Å². The fourth-order valence-electron chi connectivity index (χ4n) is 3.09. The lowest BCUT2D eigenvalue weighted by Gasteiger charge is -2.28. The lowest BCUT2D eigenvalue weighted by atomic mass is 10.0. The summed E-state index contributed by atoms with van der Waals surface area (Å²) in [6, 6.07) is 8.40. The molecule has 3 nitrogen and oxygen atoms in total. The zero-order valence-electron chi connectivity index (χ0n) is 15.8. The van der Waals surface area contributed by atoms with Gasteiger partial charge in [-0.3, -0.25) is 0 Å². The number of ether oxygens (including phenoxy) is 3. The van der Waals surface area contributed by atoms with Crippen LogP contribution in [0.3, 0.4) is 0 Å². The van der Waals surface area contributed by atoms with E-state index in [0.29, 0.717) is 37.5 Å². The van der Waals surface area contributed by atoms with E-state index in [-0.39, 0.29) is 16.9 Å². The number of alkyl halides is 3. The molecule has 0 saturated carbocycles. The molecular weight excluding hydrogens is 412 g/mol. The summed E-state index contributed by atoms with van der Waals surface area (Å²) in [5, 5.41) is -0.250. The number of rotatable bonds is 6. The van der Waals surface area contributed by atoms with Crippen LogP contribution in [-0.2, 0) is 15.9 Å². The van der Waals surface area contributed by atoms with E-state index in [4.69, 9.17) is 21.1 Å². The van der Waals surface area contributed by atoms with Gasteiger partial charge in [-0.15, -0.1) is 13.2 Å². The molecule has 0 spiro atoms. The van der Waals surface area contributed by atoms with Gasteiger partial charge in [0.2, 0.25) is 0 Å². The van der Waals surface area contributed by atoms with Gasteiger partial charge in [0.05, 0.1) is 18.2 Å². The van der Waals surface area contributed by atoms with Crippen LogP contribution in [0.5, 0.6) is 5.75 Å². The fraction of sp³-hybridized carbons (Fsp3) is 0.429. The predicted molar refractivity (Wildman–Crippen MR) is 101 cm³/mol. The van der Waals surface area contributed by atoms with Crippen LogP contribution in [0.15, 0.2) is 36.4 Å². The molecule has 2 aromatic rings. The minimum atomic E-state index is -4.85. The van der Waals surface area contributed by atoms with Crippen LogP contribution < -0.4 is 4.74 Å². The molecule has 0 amide bonds. The first kappa shape index (κ1) is 21.9. The SMILES string of the molecule is CCC1COC(CCc2ccc(-c3ccc(OC(F)(F)F)c(Cl)c3)c(F)c2)OC1. The number of hydrogen-bond donors (Lipinski definition) is 0. The van der Waals surface area contributed by atoms with Crippen LogP contribution in [-0.4, -0.2) is 25.9 Å². The molecule has 0 N–H and O–H groups in total. The summed E-state index contributed by atoms with van der Waals surface area (Å²) < 4.78 is 66.8. The highest BCUT2D eigenvalue weighted by atomic mass is 35.5. The van der Waals surface area contributed by atoms with Gasteiger partial charge in [0.25, 0.3) is 0 Å². The first-order valence-corrected chi connectivity index (χ1v) is 9.70. The lowest BCUT2D eigenvalue weighted by Crippen LogP contribution is -2.32. The van der Waals surface area contributed by atoms with Crippen LogP contribution in [0.25, 0.3) is 11.1 Å². The Labute approximate surface area is 171 Å². The summed E-state index contributed by atoms with van der Waals surface area (Å²) >= 11 is 5.85. The van der Waals surface area contributed by atoms with E-state index in [2.05, 4.69) is 11.7 Å². The molecule has 8 heteroatoms. The largest absolute Gasteiger partial charge is 0.573 e. The summed E-state index contributed by atoms with van der Waals surface area (Å²) in [6.07, 6.45) is -2.93. The topological polar surface area (TPSA) is 27.7 Å². The van der Waals surface area contributed by atoms with E-state index >= 15 is 0 Å². The van der Waals surface area contributed by atoms with Crippen molar-refractivity contribution in [1.82, 2.24) is 0 Å². The van der Waals surface area contributed by atoms with Gasteiger partial charge < -0.3 is 14.2 Å². The molecule has 0 aliphatic carbocycles.